The molecule has 0 saturated heterocycles. The summed E-state index contributed by atoms with van der Waals surface area (Å²) in [5, 5.41) is 3.37. The van der Waals surface area contributed by atoms with E-state index in [-0.39, 0.29) is 0 Å². The predicted molar refractivity (Wildman–Crippen MR) is 115 cm³/mol. The van der Waals surface area contributed by atoms with Crippen molar-refractivity contribution in [3.63, 3.8) is 0 Å². The van der Waals surface area contributed by atoms with Crippen molar-refractivity contribution in [2.24, 2.45) is 5.92 Å². The first-order valence-corrected chi connectivity index (χ1v) is 10.3. The summed E-state index contributed by atoms with van der Waals surface area (Å²) in [6.45, 7) is 2.88. The molecule has 3 aromatic heterocycles. The van der Waals surface area contributed by atoms with Crippen LogP contribution in [0.1, 0.15) is 31.7 Å². The molecule has 1 N–H and O–H groups in total. The zero-order valence-electron chi connectivity index (χ0n) is 16.5. The van der Waals surface area contributed by atoms with Crippen molar-refractivity contribution in [2.75, 3.05) is 5.32 Å². The third-order valence-electron chi connectivity index (χ3n) is 5.46. The van der Waals surface area contributed by atoms with Crippen molar-refractivity contribution in [1.29, 1.82) is 0 Å². The third kappa shape index (κ3) is 3.83. The minimum Gasteiger partial charge on any atom is -0.324 e. The van der Waals surface area contributed by atoms with Crippen LogP contribution in [0.2, 0.25) is 0 Å². The topological polar surface area (TPSA) is 68.5 Å². The molecule has 3 heterocycles. The maximum Gasteiger partial charge on any atom is 0.229 e. The number of hydrogen-bond donors (Lipinski definition) is 1. The van der Waals surface area contributed by atoms with Gasteiger partial charge in [-0.25, -0.2) is 9.97 Å². The van der Waals surface area contributed by atoms with Crippen molar-refractivity contribution in [3.8, 4) is 11.4 Å². The second-order valence-corrected chi connectivity index (χ2v) is 7.63. The molecule has 1 fully saturated rings. The molecule has 1 aliphatic rings. The second-order valence-electron chi connectivity index (χ2n) is 7.63. The molecule has 6 nitrogen and oxygen atoms in total. The molecule has 0 atom stereocenters. The number of pyridine rings is 1. The molecule has 1 aromatic carbocycles. The van der Waals surface area contributed by atoms with Gasteiger partial charge in [0.15, 0.2) is 5.65 Å². The maximum atomic E-state index is 4.76. The maximum absolute atomic E-state index is 4.76. The Labute approximate surface area is 170 Å². The summed E-state index contributed by atoms with van der Waals surface area (Å²) in [5.74, 6) is 2.42. The molecule has 0 amide bonds. The highest BCUT2D eigenvalue weighted by molar-refractivity contribution is 5.77. The SMILES string of the molecule is CCn1c(-c2ccncc2)nc2cnc(Nc3cccc(CCC4CC4)c3)nc21. The lowest BCUT2D eigenvalue weighted by molar-refractivity contribution is 0.727. The first kappa shape index (κ1) is 17.8. The fraction of sp³-hybridized carbons (Fsp3) is 0.304. The van der Waals surface area contributed by atoms with E-state index in [1.807, 2.05) is 12.1 Å². The summed E-state index contributed by atoms with van der Waals surface area (Å²) < 4.78 is 2.11. The summed E-state index contributed by atoms with van der Waals surface area (Å²) in [4.78, 5) is 18.1. The molecule has 1 aliphatic carbocycles. The Bertz CT molecular complexity index is 1130. The van der Waals surface area contributed by atoms with E-state index in [1.165, 1.54) is 24.8 Å². The van der Waals surface area contributed by atoms with Crippen LogP contribution in [-0.4, -0.2) is 24.5 Å². The van der Waals surface area contributed by atoms with Crippen LogP contribution in [0.25, 0.3) is 22.6 Å². The summed E-state index contributed by atoms with van der Waals surface area (Å²) in [7, 11) is 0. The number of nitrogens with zero attached hydrogens (tertiary/aromatic N) is 5. The Hall–Kier alpha value is -3.28. The minimum atomic E-state index is 0.590. The lowest BCUT2D eigenvalue weighted by Gasteiger charge is -2.08. The van der Waals surface area contributed by atoms with Crippen LogP contribution in [0.15, 0.2) is 55.0 Å². The quantitative estimate of drug-likeness (QED) is 0.486. The molecule has 5 rings (SSSR count). The molecular weight excluding hydrogens is 360 g/mol. The number of nitrogens with one attached hydrogen (secondary N) is 1. The average Bonchev–Trinajstić information content (AvgIpc) is 3.52. The summed E-state index contributed by atoms with van der Waals surface area (Å²) in [6, 6.07) is 12.5. The number of hydrogen-bond acceptors (Lipinski definition) is 5. The Balaban J connectivity index is 1.43. The number of aryl methyl sites for hydroxylation is 2. The Morgan fingerprint density at radius 2 is 1.97 bits per heavy atom. The molecule has 1 saturated carbocycles. The Morgan fingerprint density at radius 3 is 2.76 bits per heavy atom. The van der Waals surface area contributed by atoms with E-state index in [2.05, 4.69) is 51.0 Å². The monoisotopic (exact) mass is 384 g/mol. The fourth-order valence-electron chi connectivity index (χ4n) is 3.71. The van der Waals surface area contributed by atoms with Gasteiger partial charge in [-0.15, -0.1) is 0 Å². The molecule has 0 aliphatic heterocycles. The first-order chi connectivity index (χ1) is 14.3. The van der Waals surface area contributed by atoms with Crippen LogP contribution in [-0.2, 0) is 13.0 Å². The van der Waals surface area contributed by atoms with Crippen molar-refractivity contribution in [2.45, 2.75) is 39.2 Å². The zero-order valence-corrected chi connectivity index (χ0v) is 16.5. The normalized spacial score (nSPS) is 13.7. The highest BCUT2D eigenvalue weighted by Crippen LogP contribution is 2.33. The van der Waals surface area contributed by atoms with Crippen LogP contribution in [0, 0.1) is 5.92 Å². The average molecular weight is 384 g/mol. The fourth-order valence-corrected chi connectivity index (χ4v) is 3.71. The molecule has 0 spiro atoms. The van der Waals surface area contributed by atoms with Crippen molar-refractivity contribution in [1.82, 2.24) is 24.5 Å². The highest BCUT2D eigenvalue weighted by Gasteiger charge is 2.20. The van der Waals surface area contributed by atoms with Crippen molar-refractivity contribution < 1.29 is 0 Å². The number of anilines is 2. The van der Waals surface area contributed by atoms with Gasteiger partial charge in [-0.2, -0.15) is 4.98 Å². The molecule has 4 aromatic rings. The molecule has 0 radical (unpaired) electrons. The Morgan fingerprint density at radius 1 is 1.10 bits per heavy atom. The van der Waals surface area contributed by atoms with Gasteiger partial charge >= 0.3 is 0 Å². The van der Waals surface area contributed by atoms with Gasteiger partial charge in [0.2, 0.25) is 5.95 Å². The van der Waals surface area contributed by atoms with Gasteiger partial charge in [-0.05, 0) is 55.5 Å². The van der Waals surface area contributed by atoms with Crippen LogP contribution in [0.3, 0.4) is 0 Å². The number of rotatable bonds is 7. The molecule has 0 unspecified atom stereocenters. The van der Waals surface area contributed by atoms with E-state index in [4.69, 9.17) is 9.97 Å². The zero-order chi connectivity index (χ0) is 19.6. The van der Waals surface area contributed by atoms with Gasteiger partial charge in [0.05, 0.1) is 6.20 Å². The van der Waals surface area contributed by atoms with Crippen LogP contribution in [0.5, 0.6) is 0 Å². The molecular formula is C23H24N6. The molecule has 6 heteroatoms. The van der Waals surface area contributed by atoms with Gasteiger partial charge < -0.3 is 9.88 Å². The van der Waals surface area contributed by atoms with Crippen LogP contribution in [0.4, 0.5) is 11.6 Å². The molecule has 29 heavy (non-hydrogen) atoms. The van der Waals surface area contributed by atoms with Crippen molar-refractivity contribution >= 4 is 22.8 Å². The van der Waals surface area contributed by atoms with Gasteiger partial charge in [-0.1, -0.05) is 25.0 Å². The summed E-state index contributed by atoms with van der Waals surface area (Å²) >= 11 is 0. The van der Waals surface area contributed by atoms with Gasteiger partial charge in [0.25, 0.3) is 0 Å². The number of benzene rings is 1. The highest BCUT2D eigenvalue weighted by atomic mass is 15.2. The Kier molecular flexibility index (Phi) is 4.68. The lowest BCUT2D eigenvalue weighted by atomic mass is 10.1. The molecule has 146 valence electrons. The molecule has 0 bridgehead atoms. The van der Waals surface area contributed by atoms with Gasteiger partial charge in [0, 0.05) is 30.2 Å². The number of aromatic nitrogens is 5. The summed E-state index contributed by atoms with van der Waals surface area (Å²) in [6.07, 6.45) is 10.6. The first-order valence-electron chi connectivity index (χ1n) is 10.3. The lowest BCUT2D eigenvalue weighted by Crippen LogP contribution is -2.02. The number of fused-ring (bicyclic) bond motifs is 1. The van der Waals surface area contributed by atoms with Gasteiger partial charge in [-0.3, -0.25) is 4.98 Å². The third-order valence-corrected chi connectivity index (χ3v) is 5.46. The van der Waals surface area contributed by atoms with Gasteiger partial charge in [0.1, 0.15) is 11.3 Å². The van der Waals surface area contributed by atoms with E-state index < -0.39 is 0 Å². The van der Waals surface area contributed by atoms with E-state index in [9.17, 15) is 0 Å². The standard InChI is InChI=1S/C23H24N6/c1-2-29-21(18-10-12-24-13-11-18)27-20-15-25-23(28-22(20)29)26-19-5-3-4-17(14-19)9-8-16-6-7-16/h3-5,10-16H,2,6-9H2,1H3,(H,25,26,28). The van der Waals surface area contributed by atoms with Crippen LogP contribution >= 0.6 is 0 Å². The summed E-state index contributed by atoms with van der Waals surface area (Å²) in [5.41, 5.74) is 5.04. The predicted octanol–water partition coefficient (Wildman–Crippen LogP) is 4.99. The van der Waals surface area contributed by atoms with E-state index in [0.717, 1.165) is 47.1 Å². The van der Waals surface area contributed by atoms with E-state index in [0.29, 0.717) is 5.95 Å². The minimum absolute atomic E-state index is 0.590. The van der Waals surface area contributed by atoms with Crippen molar-refractivity contribution in [3.05, 3.63) is 60.6 Å². The second kappa shape index (κ2) is 7.62. The van der Waals surface area contributed by atoms with Crippen LogP contribution < -0.4 is 5.32 Å². The number of imidazole rings is 1. The van der Waals surface area contributed by atoms with E-state index >= 15 is 0 Å². The smallest absolute Gasteiger partial charge is 0.229 e. The van der Waals surface area contributed by atoms with E-state index in [1.54, 1.807) is 18.6 Å². The largest absolute Gasteiger partial charge is 0.324 e.